The Morgan fingerprint density at radius 1 is 1.28 bits per heavy atom. The third-order valence-corrected chi connectivity index (χ3v) is 5.10. The molecule has 3 rings (SSSR count). The maximum absolute atomic E-state index is 12.3. The Hall–Kier alpha value is -2.37. The van der Waals surface area contributed by atoms with Crippen LogP contribution in [-0.2, 0) is 11.3 Å². The van der Waals surface area contributed by atoms with E-state index in [9.17, 15) is 4.79 Å². The number of carbonyl (C=O) groups excluding carboxylic acids is 1. The van der Waals surface area contributed by atoms with E-state index in [1.807, 2.05) is 47.9 Å². The topological polar surface area (TPSA) is 43.6 Å². The van der Waals surface area contributed by atoms with Crippen molar-refractivity contribution in [3.8, 4) is 5.75 Å². The van der Waals surface area contributed by atoms with Crippen LogP contribution in [0.15, 0.2) is 53.5 Å². The Labute approximate surface area is 154 Å². The van der Waals surface area contributed by atoms with E-state index in [1.54, 1.807) is 19.3 Å². The van der Waals surface area contributed by atoms with E-state index in [4.69, 9.17) is 16.3 Å². The van der Waals surface area contributed by atoms with E-state index >= 15 is 0 Å². The van der Waals surface area contributed by atoms with Gasteiger partial charge in [-0.3, -0.25) is 4.79 Å². The number of nitrogens with zero attached hydrogens (tertiary/aromatic N) is 2. The number of amides is 1. The number of carbonyl (C=O) groups is 1. The van der Waals surface area contributed by atoms with E-state index in [0.29, 0.717) is 16.4 Å². The second-order valence-electron chi connectivity index (χ2n) is 5.24. The Morgan fingerprint density at radius 2 is 2.08 bits per heavy atom. The van der Waals surface area contributed by atoms with Crippen LogP contribution in [0.25, 0.3) is 16.3 Å². The maximum atomic E-state index is 12.3. The summed E-state index contributed by atoms with van der Waals surface area (Å²) in [7, 11) is 1.64. The molecule has 6 heteroatoms. The summed E-state index contributed by atoms with van der Waals surface area (Å²) < 4.78 is 8.45. The highest BCUT2D eigenvalue weighted by molar-refractivity contribution is 7.16. The van der Waals surface area contributed by atoms with Gasteiger partial charge in [0.1, 0.15) is 11.3 Å². The van der Waals surface area contributed by atoms with Gasteiger partial charge in [-0.05, 0) is 36.8 Å². The molecule has 0 unspecified atom stereocenters. The largest absolute Gasteiger partial charge is 0.495 e. The molecule has 0 N–H and O–H groups in total. The van der Waals surface area contributed by atoms with E-state index in [1.165, 1.54) is 17.4 Å². The van der Waals surface area contributed by atoms with Crippen LogP contribution in [0, 0.1) is 0 Å². The van der Waals surface area contributed by atoms with Crippen molar-refractivity contribution in [2.24, 2.45) is 4.99 Å². The fraction of sp³-hybridized carbons (Fsp3) is 0.158. The molecule has 25 heavy (non-hydrogen) atoms. The molecular weight excluding hydrogens is 356 g/mol. The molecule has 0 radical (unpaired) electrons. The van der Waals surface area contributed by atoms with Gasteiger partial charge in [-0.25, -0.2) is 0 Å². The minimum Gasteiger partial charge on any atom is -0.495 e. The predicted octanol–water partition coefficient (Wildman–Crippen LogP) is 4.53. The van der Waals surface area contributed by atoms with Crippen molar-refractivity contribution in [3.63, 3.8) is 0 Å². The number of ether oxygens (including phenoxy) is 1. The summed E-state index contributed by atoms with van der Waals surface area (Å²) >= 11 is 7.56. The number of benzene rings is 2. The highest BCUT2D eigenvalue weighted by Gasteiger charge is 2.10. The molecule has 4 nitrogen and oxygen atoms in total. The second kappa shape index (κ2) is 7.68. The molecule has 1 aromatic heterocycles. The zero-order valence-corrected chi connectivity index (χ0v) is 15.5. The van der Waals surface area contributed by atoms with Crippen molar-refractivity contribution in [2.75, 3.05) is 7.11 Å². The van der Waals surface area contributed by atoms with Crippen LogP contribution in [0.5, 0.6) is 5.75 Å². The van der Waals surface area contributed by atoms with Gasteiger partial charge in [0.2, 0.25) is 0 Å². The van der Waals surface area contributed by atoms with Crippen LogP contribution < -0.4 is 9.54 Å². The Balaban J connectivity index is 2.01. The molecular formula is C19H17ClN2O2S. The number of para-hydroxylation sites is 1. The summed E-state index contributed by atoms with van der Waals surface area (Å²) in [5, 5.41) is 0.599. The van der Waals surface area contributed by atoms with E-state index in [-0.39, 0.29) is 5.91 Å². The highest BCUT2D eigenvalue weighted by atomic mass is 35.5. The van der Waals surface area contributed by atoms with Crippen LogP contribution in [0.2, 0.25) is 5.02 Å². The lowest BCUT2D eigenvalue weighted by Gasteiger charge is -2.05. The molecule has 0 spiro atoms. The summed E-state index contributed by atoms with van der Waals surface area (Å²) in [6.45, 7) is 2.71. The first-order chi connectivity index (χ1) is 12.1. The monoisotopic (exact) mass is 372 g/mol. The summed E-state index contributed by atoms with van der Waals surface area (Å²) in [5.74, 6) is 0.448. The fourth-order valence-corrected chi connectivity index (χ4v) is 3.86. The number of hydrogen-bond donors (Lipinski definition) is 0. The SMILES string of the molecule is CCn1c(=NC(=O)C=Cc2ccccc2Cl)sc2cccc(OC)c21. The van der Waals surface area contributed by atoms with E-state index in [0.717, 1.165) is 21.5 Å². The lowest BCUT2D eigenvalue weighted by molar-refractivity contribution is -0.113. The Kier molecular flexibility index (Phi) is 5.36. The number of fused-ring (bicyclic) bond motifs is 1. The lowest BCUT2D eigenvalue weighted by atomic mass is 10.2. The van der Waals surface area contributed by atoms with Crippen molar-refractivity contribution >= 4 is 45.1 Å². The number of methoxy groups -OCH3 is 1. The Morgan fingerprint density at radius 3 is 2.80 bits per heavy atom. The molecule has 0 atom stereocenters. The molecule has 0 aliphatic heterocycles. The molecule has 0 bridgehead atoms. The zero-order valence-electron chi connectivity index (χ0n) is 13.9. The van der Waals surface area contributed by atoms with Gasteiger partial charge in [-0.1, -0.05) is 47.2 Å². The standard InChI is InChI=1S/C19H17ClN2O2S/c1-3-22-18-15(24-2)9-6-10-16(18)25-19(22)21-17(23)12-11-13-7-4-5-8-14(13)20/h4-12H,3H2,1-2H3. The van der Waals surface area contributed by atoms with Crippen LogP contribution >= 0.6 is 22.9 Å². The third-order valence-electron chi connectivity index (χ3n) is 3.72. The highest BCUT2D eigenvalue weighted by Crippen LogP contribution is 2.27. The number of hydrogen-bond acceptors (Lipinski definition) is 3. The quantitative estimate of drug-likeness (QED) is 0.632. The molecule has 3 aromatic rings. The summed E-state index contributed by atoms with van der Waals surface area (Å²) in [5.41, 5.74) is 1.74. The van der Waals surface area contributed by atoms with Gasteiger partial charge in [0.05, 0.1) is 11.8 Å². The van der Waals surface area contributed by atoms with Crippen molar-refractivity contribution in [1.82, 2.24) is 4.57 Å². The normalized spacial score (nSPS) is 12.2. The summed E-state index contributed by atoms with van der Waals surface area (Å²) in [6, 6.07) is 13.2. The molecule has 0 aliphatic carbocycles. The van der Waals surface area contributed by atoms with Crippen molar-refractivity contribution in [3.05, 3.63) is 63.9 Å². The molecule has 0 saturated heterocycles. The first-order valence-corrected chi connectivity index (χ1v) is 9.01. The minimum absolute atomic E-state index is 0.326. The lowest BCUT2D eigenvalue weighted by Crippen LogP contribution is -2.15. The van der Waals surface area contributed by atoms with Crippen LogP contribution in [0.4, 0.5) is 0 Å². The van der Waals surface area contributed by atoms with Gasteiger partial charge in [0, 0.05) is 17.6 Å². The molecule has 1 heterocycles. The van der Waals surface area contributed by atoms with Crippen LogP contribution in [0.1, 0.15) is 12.5 Å². The average molecular weight is 373 g/mol. The van der Waals surface area contributed by atoms with Gasteiger partial charge in [-0.2, -0.15) is 4.99 Å². The van der Waals surface area contributed by atoms with Gasteiger partial charge in [-0.15, -0.1) is 0 Å². The maximum Gasteiger partial charge on any atom is 0.272 e. The first-order valence-electron chi connectivity index (χ1n) is 7.81. The molecule has 1 amide bonds. The first kappa shape index (κ1) is 17.5. The number of halogens is 1. The minimum atomic E-state index is -0.326. The fourth-order valence-electron chi connectivity index (χ4n) is 2.54. The van der Waals surface area contributed by atoms with Crippen molar-refractivity contribution < 1.29 is 9.53 Å². The number of aryl methyl sites for hydroxylation is 1. The van der Waals surface area contributed by atoms with Gasteiger partial charge < -0.3 is 9.30 Å². The van der Waals surface area contributed by atoms with Crippen LogP contribution in [0.3, 0.4) is 0 Å². The Bertz CT molecular complexity index is 1020. The molecule has 0 saturated carbocycles. The smallest absolute Gasteiger partial charge is 0.272 e. The average Bonchev–Trinajstić information content (AvgIpc) is 2.98. The predicted molar refractivity (Wildman–Crippen MR) is 103 cm³/mol. The van der Waals surface area contributed by atoms with E-state index in [2.05, 4.69) is 4.99 Å². The number of thiazole rings is 1. The zero-order chi connectivity index (χ0) is 17.8. The van der Waals surface area contributed by atoms with Gasteiger partial charge >= 0.3 is 0 Å². The molecule has 128 valence electrons. The van der Waals surface area contributed by atoms with Gasteiger partial charge in [0.15, 0.2) is 4.80 Å². The third kappa shape index (κ3) is 3.67. The molecule has 0 fully saturated rings. The van der Waals surface area contributed by atoms with Crippen molar-refractivity contribution in [2.45, 2.75) is 13.5 Å². The molecule has 0 aliphatic rings. The molecule has 2 aromatic carbocycles. The summed E-state index contributed by atoms with van der Waals surface area (Å²) in [6.07, 6.45) is 3.11. The van der Waals surface area contributed by atoms with Crippen molar-refractivity contribution in [1.29, 1.82) is 0 Å². The summed E-state index contributed by atoms with van der Waals surface area (Å²) in [4.78, 5) is 17.2. The van der Waals surface area contributed by atoms with E-state index < -0.39 is 0 Å². The number of aromatic nitrogens is 1. The second-order valence-corrected chi connectivity index (χ2v) is 6.66. The van der Waals surface area contributed by atoms with Gasteiger partial charge in [0.25, 0.3) is 5.91 Å². The van der Waals surface area contributed by atoms with Crippen LogP contribution in [-0.4, -0.2) is 17.6 Å². The number of rotatable bonds is 4.